The molecule has 5 nitrogen and oxygen atoms in total. The van der Waals surface area contributed by atoms with Gasteiger partial charge >= 0.3 is 14.2 Å². The molecule has 2 rings (SSSR count). The van der Waals surface area contributed by atoms with E-state index in [4.69, 9.17) is 25.2 Å². The van der Waals surface area contributed by atoms with Crippen molar-refractivity contribution in [2.45, 2.75) is 270 Å². The molecular weight excluding hydrogens is 714 g/mol. The Morgan fingerprint density at radius 1 is 0.500 bits per heavy atom. The molecule has 362 valence electrons. The van der Waals surface area contributed by atoms with Gasteiger partial charge in [0.2, 0.25) is 0 Å². The zero-order valence-electron chi connectivity index (χ0n) is 45.9. The minimum Gasteiger partial charge on any atom is -0.427 e. The standard InChI is InChI=1S/2C8H14.C6H14.C6H12.C4H10.C4H8.6C2H6.2CH5BO2.CH4O/c2*1-7-3-5-8(2)6-4-7;2*1-3-5-6-4-2;2*1-3-4-2;6*1-2;2*1-2(3)4;1-2/h2*3,8H,4-6H2,1-2H3;3-6H2,1-2H3;3,5H,4,6H2,1-2H3;3-4H2,1-2H3;3-4H,1-2H3;6*1-2H3;2*3-4H,1H3;2H,1H3/b;;;5-3+;;;;;;;;;;;. The van der Waals surface area contributed by atoms with E-state index in [2.05, 4.69) is 93.5 Å². The lowest BCUT2D eigenvalue weighted by Gasteiger charge is -2.14. The first-order chi connectivity index (χ1) is 27.7. The number of unbranched alkanes of at least 4 members (excludes halogenated alkanes) is 5. The molecule has 0 spiro atoms. The van der Waals surface area contributed by atoms with Crippen molar-refractivity contribution in [1.82, 2.24) is 0 Å². The maximum absolute atomic E-state index is 7.61. The Balaban J connectivity index is -0.0000000352. The first kappa shape index (κ1) is 92.3. The highest BCUT2D eigenvalue weighted by Gasteiger charge is 2.06. The predicted molar refractivity (Wildman–Crippen MR) is 282 cm³/mol. The zero-order valence-corrected chi connectivity index (χ0v) is 45.9. The van der Waals surface area contributed by atoms with E-state index in [1.54, 1.807) is 11.1 Å². The minimum absolute atomic E-state index is 0.943. The van der Waals surface area contributed by atoms with Gasteiger partial charge in [0, 0.05) is 7.11 Å². The van der Waals surface area contributed by atoms with Crippen molar-refractivity contribution >= 4 is 14.2 Å². The highest BCUT2D eigenvalue weighted by Crippen LogP contribution is 2.22. The summed E-state index contributed by atoms with van der Waals surface area (Å²) in [6.45, 7) is 52.7. The first-order valence-corrected chi connectivity index (χ1v) is 24.4. The van der Waals surface area contributed by atoms with Crippen LogP contribution in [0.2, 0.25) is 13.6 Å². The molecule has 5 N–H and O–H groups in total. The van der Waals surface area contributed by atoms with Gasteiger partial charge in [-0.05, 0) is 105 Å². The molecule has 0 heterocycles. The molecule has 2 unspecified atom stereocenters. The summed E-state index contributed by atoms with van der Waals surface area (Å²) in [5.74, 6) is 1.89. The van der Waals surface area contributed by atoms with Crippen molar-refractivity contribution in [3.05, 3.63) is 47.6 Å². The zero-order chi connectivity index (χ0) is 49.6. The van der Waals surface area contributed by atoms with E-state index >= 15 is 0 Å². The van der Waals surface area contributed by atoms with Crippen LogP contribution >= 0.6 is 0 Å². The molecule has 0 aromatic rings. The molecule has 0 aromatic heterocycles. The second kappa shape index (κ2) is 124. The molecule has 58 heavy (non-hydrogen) atoms. The summed E-state index contributed by atoms with van der Waals surface area (Å²) in [7, 11) is -1.33. The topological polar surface area (TPSA) is 101 Å². The van der Waals surface area contributed by atoms with E-state index in [0.29, 0.717) is 0 Å². The van der Waals surface area contributed by atoms with Crippen LogP contribution in [0.1, 0.15) is 256 Å². The van der Waals surface area contributed by atoms with E-state index in [-0.39, 0.29) is 0 Å². The fraction of sp³-hybridized carbons (Fsp3) is 0.843. The summed E-state index contributed by atoms with van der Waals surface area (Å²) in [6.07, 6.45) is 31.8. The van der Waals surface area contributed by atoms with Crippen LogP contribution in [0.25, 0.3) is 0 Å². The molecule has 0 saturated carbocycles. The molecule has 0 fully saturated rings. The molecule has 0 aliphatic heterocycles. The SMILES string of the molecule is C/C=C/CCC.CB(O)O.CB(O)O.CC.CC.CC.CC.CC.CC.CC1=CCC(C)CC1.CC1=CCC(C)CC1.CC=CC.CCCC.CCCCCC.CO. The molecule has 2 aliphatic carbocycles. The van der Waals surface area contributed by atoms with Crippen molar-refractivity contribution in [3.63, 3.8) is 0 Å². The largest absolute Gasteiger partial charge is 0.448 e. The Morgan fingerprint density at radius 2 is 0.741 bits per heavy atom. The van der Waals surface area contributed by atoms with Gasteiger partial charge in [0.25, 0.3) is 0 Å². The van der Waals surface area contributed by atoms with Crippen molar-refractivity contribution in [3.8, 4) is 0 Å². The van der Waals surface area contributed by atoms with Gasteiger partial charge in [0.05, 0.1) is 0 Å². The highest BCUT2D eigenvalue weighted by molar-refractivity contribution is 6.39. The maximum Gasteiger partial charge on any atom is 0.448 e. The predicted octanol–water partition coefficient (Wildman–Crippen LogP) is 17.8. The minimum atomic E-state index is -1.17. The Labute approximate surface area is 374 Å². The van der Waals surface area contributed by atoms with E-state index in [0.717, 1.165) is 18.9 Å². The summed E-state index contributed by atoms with van der Waals surface area (Å²) in [5.41, 5.74) is 3.17. The number of aliphatic hydroxyl groups is 1. The van der Waals surface area contributed by atoms with Crippen LogP contribution in [0.5, 0.6) is 0 Å². The third-order valence-electron chi connectivity index (χ3n) is 6.28. The molecule has 0 bridgehead atoms. The second-order valence-electron chi connectivity index (χ2n) is 11.9. The van der Waals surface area contributed by atoms with Crippen molar-refractivity contribution in [1.29, 1.82) is 0 Å². The molecule has 0 radical (unpaired) electrons. The molecule has 2 aliphatic rings. The van der Waals surface area contributed by atoms with Gasteiger partial charge in [-0.2, -0.15) is 0 Å². The smallest absolute Gasteiger partial charge is 0.427 e. The van der Waals surface area contributed by atoms with Crippen LogP contribution in [-0.4, -0.2) is 46.5 Å². The normalized spacial score (nSPS) is 13.0. The molecule has 0 saturated heterocycles. The highest BCUT2D eigenvalue weighted by atomic mass is 16.4. The number of aliphatic hydroxyl groups excluding tert-OH is 1. The monoisotopic (exact) mass is 837 g/mol. The second-order valence-corrected chi connectivity index (χ2v) is 11.9. The van der Waals surface area contributed by atoms with Crippen molar-refractivity contribution in [2.24, 2.45) is 11.8 Å². The van der Waals surface area contributed by atoms with E-state index in [9.17, 15) is 0 Å². The number of rotatable bonds is 6. The number of hydrogen-bond donors (Lipinski definition) is 5. The van der Waals surface area contributed by atoms with Gasteiger partial charge in [-0.3, -0.25) is 0 Å². The maximum atomic E-state index is 7.61. The quantitative estimate of drug-likeness (QED) is 0.104. The van der Waals surface area contributed by atoms with Crippen LogP contribution < -0.4 is 0 Å². The van der Waals surface area contributed by atoms with E-state index in [1.807, 2.05) is 109 Å². The third-order valence-corrected chi connectivity index (χ3v) is 6.28. The molecule has 0 aromatic carbocycles. The average Bonchev–Trinajstić information content (AvgIpc) is 3.27. The summed E-state index contributed by atoms with van der Waals surface area (Å²) >= 11 is 0. The van der Waals surface area contributed by atoms with Gasteiger partial charge in [0.1, 0.15) is 0 Å². The summed E-state index contributed by atoms with van der Waals surface area (Å²) in [6, 6.07) is 0. The molecule has 2 atom stereocenters. The average molecular weight is 837 g/mol. The van der Waals surface area contributed by atoms with E-state index < -0.39 is 14.2 Å². The fourth-order valence-electron chi connectivity index (χ4n) is 3.03. The lowest BCUT2D eigenvalue weighted by molar-refractivity contribution is 0.399. The molecular formula is C51H122B2O5. The van der Waals surface area contributed by atoms with Gasteiger partial charge in [-0.1, -0.05) is 224 Å². The van der Waals surface area contributed by atoms with Crippen LogP contribution in [0.3, 0.4) is 0 Å². The third kappa shape index (κ3) is 220. The lowest BCUT2D eigenvalue weighted by Crippen LogP contribution is -2.00. The fourth-order valence-corrected chi connectivity index (χ4v) is 3.03. The van der Waals surface area contributed by atoms with Gasteiger partial charge < -0.3 is 25.2 Å². The lowest BCUT2D eigenvalue weighted by atomic mass is 9.92. The van der Waals surface area contributed by atoms with Gasteiger partial charge in [-0.15, -0.1) is 0 Å². The Morgan fingerprint density at radius 3 is 0.828 bits per heavy atom. The summed E-state index contributed by atoms with van der Waals surface area (Å²) in [4.78, 5) is 0. The Hall–Kier alpha value is -1.11. The van der Waals surface area contributed by atoms with Crippen molar-refractivity contribution in [2.75, 3.05) is 7.11 Å². The molecule has 0 amide bonds. The molecule has 7 heteroatoms. The van der Waals surface area contributed by atoms with Crippen LogP contribution in [0.4, 0.5) is 0 Å². The van der Waals surface area contributed by atoms with Crippen LogP contribution in [0.15, 0.2) is 47.6 Å². The van der Waals surface area contributed by atoms with Crippen LogP contribution in [-0.2, 0) is 0 Å². The number of allylic oxidation sites excluding steroid dienone is 8. The van der Waals surface area contributed by atoms with Gasteiger partial charge in [0.15, 0.2) is 0 Å². The Kier molecular flexibility index (Phi) is 197. The van der Waals surface area contributed by atoms with Crippen LogP contribution in [0, 0.1) is 11.8 Å². The Bertz CT molecular complexity index is 556. The van der Waals surface area contributed by atoms with Gasteiger partial charge in [-0.25, -0.2) is 0 Å². The van der Waals surface area contributed by atoms with E-state index in [1.165, 1.54) is 104 Å². The number of hydrogen-bond acceptors (Lipinski definition) is 5. The summed E-state index contributed by atoms with van der Waals surface area (Å²) in [5, 5.41) is 37.4. The van der Waals surface area contributed by atoms with Crippen molar-refractivity contribution < 1.29 is 25.2 Å². The summed E-state index contributed by atoms with van der Waals surface area (Å²) < 4.78 is 0. The first-order valence-electron chi connectivity index (χ1n) is 24.4.